The highest BCUT2D eigenvalue weighted by atomic mass is 16.5. The van der Waals surface area contributed by atoms with E-state index in [-0.39, 0.29) is 11.5 Å². The third-order valence-electron chi connectivity index (χ3n) is 3.16. The van der Waals surface area contributed by atoms with Crippen LogP contribution < -0.4 is 4.74 Å². The van der Waals surface area contributed by atoms with Crippen molar-refractivity contribution in [3.63, 3.8) is 0 Å². The van der Waals surface area contributed by atoms with Crippen LogP contribution in [0.5, 0.6) is 5.75 Å². The molecule has 1 saturated carbocycles. The van der Waals surface area contributed by atoms with Crippen molar-refractivity contribution >= 4 is 16.8 Å². The van der Waals surface area contributed by atoms with E-state index in [4.69, 9.17) is 4.74 Å². The number of aromatic nitrogens is 2. The summed E-state index contributed by atoms with van der Waals surface area (Å²) < 4.78 is 7.27. The first-order valence-electron chi connectivity index (χ1n) is 5.75. The Hall–Kier alpha value is -1.84. The lowest BCUT2D eigenvalue weighted by Gasteiger charge is -2.12. The largest absolute Gasteiger partial charge is 0.488 e. The van der Waals surface area contributed by atoms with Gasteiger partial charge in [0.05, 0.1) is 11.7 Å². The molecule has 17 heavy (non-hydrogen) atoms. The zero-order valence-electron chi connectivity index (χ0n) is 9.93. The highest BCUT2D eigenvalue weighted by Gasteiger charge is 2.40. The number of rotatable bonds is 2. The molecule has 0 spiro atoms. The van der Waals surface area contributed by atoms with E-state index in [9.17, 15) is 4.79 Å². The van der Waals surface area contributed by atoms with Crippen LogP contribution in [-0.2, 0) is 0 Å². The van der Waals surface area contributed by atoms with E-state index in [1.165, 1.54) is 11.6 Å². The Morgan fingerprint density at radius 2 is 2.24 bits per heavy atom. The minimum Gasteiger partial charge on any atom is -0.488 e. The number of benzene rings is 1. The zero-order chi connectivity index (χ0) is 12.0. The smallest absolute Gasteiger partial charge is 0.244 e. The first-order valence-corrected chi connectivity index (χ1v) is 5.75. The van der Waals surface area contributed by atoms with Gasteiger partial charge in [-0.05, 0) is 38.0 Å². The lowest BCUT2D eigenvalue weighted by molar-refractivity contribution is 0.0926. The Morgan fingerprint density at radius 1 is 1.47 bits per heavy atom. The number of nitrogens with zero attached hydrogens (tertiary/aromatic N) is 2. The van der Waals surface area contributed by atoms with Crippen molar-refractivity contribution in [2.24, 2.45) is 0 Å². The molecule has 4 heteroatoms. The van der Waals surface area contributed by atoms with Crippen LogP contribution in [0.4, 0.5) is 0 Å². The monoisotopic (exact) mass is 230 g/mol. The molecule has 1 aromatic carbocycles. The molecule has 0 amide bonds. The van der Waals surface area contributed by atoms with Gasteiger partial charge in [-0.3, -0.25) is 4.79 Å². The molecule has 2 aromatic rings. The number of ether oxygens (including phenoxy) is 1. The molecule has 1 fully saturated rings. The maximum Gasteiger partial charge on any atom is 0.244 e. The van der Waals surface area contributed by atoms with Crippen LogP contribution in [0.3, 0.4) is 0 Å². The molecular formula is C13H14N2O2. The highest BCUT2D eigenvalue weighted by molar-refractivity contribution is 5.90. The minimum atomic E-state index is -0.0807. The molecule has 88 valence electrons. The molecular weight excluding hydrogens is 216 g/mol. The second-order valence-electron chi connectivity index (χ2n) is 4.85. The summed E-state index contributed by atoms with van der Waals surface area (Å²) >= 11 is 0. The fourth-order valence-corrected chi connectivity index (χ4v) is 1.89. The van der Waals surface area contributed by atoms with E-state index in [0.717, 1.165) is 29.5 Å². The molecule has 0 atom stereocenters. The maximum atomic E-state index is 11.3. The first kappa shape index (κ1) is 10.3. The van der Waals surface area contributed by atoms with Gasteiger partial charge in [0.2, 0.25) is 5.91 Å². The molecule has 0 N–H and O–H groups in total. The Bertz CT molecular complexity index is 596. The summed E-state index contributed by atoms with van der Waals surface area (Å²) in [5.41, 5.74) is 0.843. The van der Waals surface area contributed by atoms with Crippen molar-refractivity contribution in [2.75, 3.05) is 0 Å². The fourth-order valence-electron chi connectivity index (χ4n) is 1.89. The Balaban J connectivity index is 1.99. The van der Waals surface area contributed by atoms with Crippen LogP contribution in [0, 0.1) is 0 Å². The number of hydrogen-bond donors (Lipinski definition) is 0. The predicted octanol–water partition coefficient (Wildman–Crippen LogP) is 2.63. The van der Waals surface area contributed by atoms with Crippen molar-refractivity contribution < 1.29 is 9.53 Å². The average Bonchev–Trinajstić information content (AvgIpc) is 2.85. The van der Waals surface area contributed by atoms with Crippen LogP contribution in [0.2, 0.25) is 0 Å². The number of carbonyl (C=O) groups excluding carboxylic acids is 1. The molecule has 1 aliphatic rings. The molecule has 0 bridgehead atoms. The van der Waals surface area contributed by atoms with Gasteiger partial charge < -0.3 is 4.74 Å². The standard InChI is InChI=1S/C13H14N2O2/c1-9(16)15-12-4-3-11(7-10(12)8-14-15)17-13(2)5-6-13/h3-4,7-8H,5-6H2,1-2H3. The first-order chi connectivity index (χ1) is 8.07. The van der Waals surface area contributed by atoms with Crippen LogP contribution >= 0.6 is 0 Å². The summed E-state index contributed by atoms with van der Waals surface area (Å²) in [5, 5.41) is 4.99. The van der Waals surface area contributed by atoms with Gasteiger partial charge in [0.25, 0.3) is 0 Å². The molecule has 0 radical (unpaired) electrons. The number of fused-ring (bicyclic) bond motifs is 1. The van der Waals surface area contributed by atoms with Gasteiger partial charge in [0.1, 0.15) is 11.4 Å². The quantitative estimate of drug-likeness (QED) is 0.796. The molecule has 4 nitrogen and oxygen atoms in total. The second kappa shape index (κ2) is 3.32. The molecule has 3 rings (SSSR count). The topological polar surface area (TPSA) is 44.1 Å². The van der Waals surface area contributed by atoms with E-state index in [1.54, 1.807) is 6.20 Å². The normalized spacial score (nSPS) is 17.1. The molecule has 0 saturated heterocycles. The number of hydrogen-bond acceptors (Lipinski definition) is 3. The average molecular weight is 230 g/mol. The summed E-state index contributed by atoms with van der Waals surface area (Å²) in [6.07, 6.45) is 3.91. The van der Waals surface area contributed by atoms with Gasteiger partial charge in [-0.25, -0.2) is 4.68 Å². The van der Waals surface area contributed by atoms with E-state index in [2.05, 4.69) is 12.0 Å². The van der Waals surface area contributed by atoms with E-state index in [0.29, 0.717) is 0 Å². The van der Waals surface area contributed by atoms with Crippen molar-refractivity contribution in [3.8, 4) is 5.75 Å². The summed E-state index contributed by atoms with van der Waals surface area (Å²) in [5.74, 6) is 0.767. The lowest BCUT2D eigenvalue weighted by Crippen LogP contribution is -2.11. The zero-order valence-corrected chi connectivity index (χ0v) is 9.93. The van der Waals surface area contributed by atoms with Crippen LogP contribution in [0.25, 0.3) is 10.9 Å². The third kappa shape index (κ3) is 1.79. The van der Waals surface area contributed by atoms with Crippen molar-refractivity contribution in [1.29, 1.82) is 0 Å². The van der Waals surface area contributed by atoms with E-state index >= 15 is 0 Å². The molecule has 1 aromatic heterocycles. The SMILES string of the molecule is CC(=O)n1ncc2cc(OC3(C)CC3)ccc21. The molecule has 1 aliphatic carbocycles. The van der Waals surface area contributed by atoms with Crippen LogP contribution in [-0.4, -0.2) is 21.3 Å². The minimum absolute atomic E-state index is 0.0181. The summed E-state index contributed by atoms with van der Waals surface area (Å²) in [7, 11) is 0. The summed E-state index contributed by atoms with van der Waals surface area (Å²) in [6, 6.07) is 5.71. The van der Waals surface area contributed by atoms with Gasteiger partial charge in [-0.2, -0.15) is 5.10 Å². The highest BCUT2D eigenvalue weighted by Crippen LogP contribution is 2.39. The lowest BCUT2D eigenvalue weighted by atomic mass is 10.2. The Kier molecular flexibility index (Phi) is 2.02. The molecule has 0 aliphatic heterocycles. The van der Waals surface area contributed by atoms with Gasteiger partial charge in [0, 0.05) is 12.3 Å². The Morgan fingerprint density at radius 3 is 2.88 bits per heavy atom. The Labute approximate surface area is 99.2 Å². The molecule has 1 heterocycles. The van der Waals surface area contributed by atoms with E-state index in [1.807, 2.05) is 18.2 Å². The van der Waals surface area contributed by atoms with Gasteiger partial charge in [-0.1, -0.05) is 0 Å². The van der Waals surface area contributed by atoms with Gasteiger partial charge >= 0.3 is 0 Å². The van der Waals surface area contributed by atoms with Gasteiger partial charge in [-0.15, -0.1) is 0 Å². The second-order valence-corrected chi connectivity index (χ2v) is 4.85. The molecule has 0 unspecified atom stereocenters. The van der Waals surface area contributed by atoms with Crippen LogP contribution in [0.15, 0.2) is 24.4 Å². The predicted molar refractivity (Wildman–Crippen MR) is 64.3 cm³/mol. The van der Waals surface area contributed by atoms with Gasteiger partial charge in [0.15, 0.2) is 0 Å². The summed E-state index contributed by atoms with van der Waals surface area (Å²) in [6.45, 7) is 3.61. The van der Waals surface area contributed by atoms with Crippen LogP contribution in [0.1, 0.15) is 31.5 Å². The number of carbonyl (C=O) groups is 1. The van der Waals surface area contributed by atoms with Crippen molar-refractivity contribution in [3.05, 3.63) is 24.4 Å². The third-order valence-corrected chi connectivity index (χ3v) is 3.16. The van der Waals surface area contributed by atoms with Crippen molar-refractivity contribution in [1.82, 2.24) is 9.78 Å². The van der Waals surface area contributed by atoms with E-state index < -0.39 is 0 Å². The summed E-state index contributed by atoms with van der Waals surface area (Å²) in [4.78, 5) is 11.3. The fraction of sp³-hybridized carbons (Fsp3) is 0.385. The maximum absolute atomic E-state index is 11.3. The van der Waals surface area contributed by atoms with Crippen molar-refractivity contribution in [2.45, 2.75) is 32.3 Å².